The van der Waals surface area contributed by atoms with E-state index in [0.717, 1.165) is 24.1 Å². The van der Waals surface area contributed by atoms with Crippen LogP contribution in [0.25, 0.3) is 0 Å². The van der Waals surface area contributed by atoms with Crippen LogP contribution in [-0.2, 0) is 17.8 Å². The Balaban J connectivity index is 1.65. The van der Waals surface area contributed by atoms with Gasteiger partial charge in [-0.1, -0.05) is 24.3 Å². The molecule has 0 aliphatic carbocycles. The molecule has 0 aromatic heterocycles. The molecule has 0 radical (unpaired) electrons. The van der Waals surface area contributed by atoms with E-state index in [2.05, 4.69) is 5.32 Å². The van der Waals surface area contributed by atoms with Gasteiger partial charge in [0.2, 0.25) is 5.91 Å². The molecule has 5 heteroatoms. The molecule has 0 saturated carbocycles. The number of hydrogen-bond acceptors (Lipinski definition) is 3. The molecule has 2 aromatic rings. The Morgan fingerprint density at radius 1 is 1.12 bits per heavy atom. The first kappa shape index (κ1) is 17.2. The molecule has 1 heterocycles. The summed E-state index contributed by atoms with van der Waals surface area (Å²) in [5, 5.41) is 11.8. The maximum absolute atomic E-state index is 12.4. The molecule has 2 N–H and O–H groups in total. The van der Waals surface area contributed by atoms with Crippen LogP contribution in [0.15, 0.2) is 48.5 Å². The van der Waals surface area contributed by atoms with Gasteiger partial charge in [-0.2, -0.15) is 0 Å². The normalized spacial score (nSPS) is 14.0. The minimum absolute atomic E-state index is 0.109. The molecule has 1 fully saturated rings. The Morgan fingerprint density at radius 2 is 1.92 bits per heavy atom. The summed E-state index contributed by atoms with van der Waals surface area (Å²) in [6, 6.07) is 14.8. The lowest BCUT2D eigenvalue weighted by Gasteiger charge is -2.16. The monoisotopic (exact) mass is 338 g/mol. The van der Waals surface area contributed by atoms with Gasteiger partial charge in [-0.05, 0) is 48.2 Å². The smallest absolute Gasteiger partial charge is 0.255 e. The highest BCUT2D eigenvalue weighted by molar-refractivity contribution is 6.04. The van der Waals surface area contributed by atoms with Crippen LogP contribution in [0.1, 0.15) is 34.3 Å². The molecule has 25 heavy (non-hydrogen) atoms. The second kappa shape index (κ2) is 7.94. The molecule has 0 unspecified atom stereocenters. The van der Waals surface area contributed by atoms with Crippen molar-refractivity contribution in [2.45, 2.75) is 25.8 Å². The number of nitrogens with zero attached hydrogens (tertiary/aromatic N) is 1. The molecule has 130 valence electrons. The molecule has 2 amide bonds. The SMILES string of the molecule is O=C(Nc1ccc(CCO)cc1)c1cccc(CN2CCCC2=O)c1. The number of nitrogens with one attached hydrogen (secondary N) is 1. The number of aliphatic hydroxyl groups excluding tert-OH is 1. The van der Waals surface area contributed by atoms with E-state index in [9.17, 15) is 9.59 Å². The van der Waals surface area contributed by atoms with Crippen molar-refractivity contribution in [2.24, 2.45) is 0 Å². The molecule has 1 aliphatic rings. The van der Waals surface area contributed by atoms with Crippen molar-refractivity contribution in [3.05, 3.63) is 65.2 Å². The molecule has 0 spiro atoms. The number of carbonyl (C=O) groups excluding carboxylic acids is 2. The lowest BCUT2D eigenvalue weighted by molar-refractivity contribution is -0.128. The zero-order valence-corrected chi connectivity index (χ0v) is 14.1. The van der Waals surface area contributed by atoms with Crippen molar-refractivity contribution in [2.75, 3.05) is 18.5 Å². The van der Waals surface area contributed by atoms with Crippen LogP contribution in [0.2, 0.25) is 0 Å². The third-order valence-electron chi connectivity index (χ3n) is 4.35. The standard InChI is InChI=1S/C20H22N2O3/c23-12-10-15-6-8-18(9-7-15)21-20(25)17-4-1-3-16(13-17)14-22-11-2-5-19(22)24/h1,3-4,6-9,13,23H,2,5,10-12,14H2,(H,21,25). The Bertz CT molecular complexity index is 756. The number of anilines is 1. The summed E-state index contributed by atoms with van der Waals surface area (Å²) in [7, 11) is 0. The Kier molecular flexibility index (Phi) is 5.46. The number of carbonyl (C=O) groups is 2. The first-order chi connectivity index (χ1) is 12.2. The van der Waals surface area contributed by atoms with Gasteiger partial charge in [-0.25, -0.2) is 0 Å². The fraction of sp³-hybridized carbons (Fsp3) is 0.300. The van der Waals surface area contributed by atoms with Crippen molar-refractivity contribution in [3.63, 3.8) is 0 Å². The highest BCUT2D eigenvalue weighted by Crippen LogP contribution is 2.16. The van der Waals surface area contributed by atoms with E-state index < -0.39 is 0 Å². The second-order valence-corrected chi connectivity index (χ2v) is 6.24. The van der Waals surface area contributed by atoms with E-state index in [4.69, 9.17) is 5.11 Å². The quantitative estimate of drug-likeness (QED) is 0.850. The molecule has 0 bridgehead atoms. The maximum atomic E-state index is 12.4. The minimum atomic E-state index is -0.176. The topological polar surface area (TPSA) is 69.6 Å². The van der Waals surface area contributed by atoms with Crippen molar-refractivity contribution in [1.82, 2.24) is 4.90 Å². The van der Waals surface area contributed by atoms with E-state index in [1.165, 1.54) is 0 Å². The van der Waals surface area contributed by atoms with Gasteiger partial charge in [-0.3, -0.25) is 9.59 Å². The minimum Gasteiger partial charge on any atom is -0.396 e. The van der Waals surface area contributed by atoms with Gasteiger partial charge in [-0.15, -0.1) is 0 Å². The Morgan fingerprint density at radius 3 is 2.60 bits per heavy atom. The van der Waals surface area contributed by atoms with Crippen molar-refractivity contribution in [3.8, 4) is 0 Å². The predicted octanol–water partition coefficient (Wildman–Crippen LogP) is 2.60. The highest BCUT2D eigenvalue weighted by atomic mass is 16.3. The fourth-order valence-electron chi connectivity index (χ4n) is 2.99. The Labute approximate surface area is 147 Å². The molecule has 3 rings (SSSR count). The largest absolute Gasteiger partial charge is 0.396 e. The van der Waals surface area contributed by atoms with Crippen LogP contribution in [0, 0.1) is 0 Å². The summed E-state index contributed by atoms with van der Waals surface area (Å²) >= 11 is 0. The molecule has 5 nitrogen and oxygen atoms in total. The van der Waals surface area contributed by atoms with Gasteiger partial charge in [0.25, 0.3) is 5.91 Å². The van der Waals surface area contributed by atoms with E-state index in [0.29, 0.717) is 30.6 Å². The van der Waals surface area contributed by atoms with Crippen molar-refractivity contribution in [1.29, 1.82) is 0 Å². The molecule has 1 aliphatic heterocycles. The first-order valence-electron chi connectivity index (χ1n) is 8.53. The second-order valence-electron chi connectivity index (χ2n) is 6.24. The average Bonchev–Trinajstić information content (AvgIpc) is 3.02. The fourth-order valence-corrected chi connectivity index (χ4v) is 2.99. The van der Waals surface area contributed by atoms with E-state index in [1.54, 1.807) is 6.07 Å². The number of rotatable bonds is 6. The summed E-state index contributed by atoms with van der Waals surface area (Å²) in [6.45, 7) is 1.45. The third-order valence-corrected chi connectivity index (χ3v) is 4.35. The number of hydrogen-bond donors (Lipinski definition) is 2. The van der Waals surface area contributed by atoms with Crippen LogP contribution in [0.4, 0.5) is 5.69 Å². The van der Waals surface area contributed by atoms with Crippen molar-refractivity contribution >= 4 is 17.5 Å². The summed E-state index contributed by atoms with van der Waals surface area (Å²) in [5.41, 5.74) is 3.27. The maximum Gasteiger partial charge on any atom is 0.255 e. The summed E-state index contributed by atoms with van der Waals surface area (Å²) in [4.78, 5) is 26.0. The van der Waals surface area contributed by atoms with Gasteiger partial charge in [0.1, 0.15) is 0 Å². The van der Waals surface area contributed by atoms with E-state index in [1.807, 2.05) is 47.4 Å². The average molecular weight is 338 g/mol. The predicted molar refractivity (Wildman–Crippen MR) is 96.3 cm³/mol. The van der Waals surface area contributed by atoms with Gasteiger partial charge >= 0.3 is 0 Å². The molecule has 2 aromatic carbocycles. The molecular weight excluding hydrogens is 316 g/mol. The number of amides is 2. The lowest BCUT2D eigenvalue weighted by Crippen LogP contribution is -2.24. The summed E-state index contributed by atoms with van der Waals surface area (Å²) in [5.74, 6) is 0.00216. The molecule has 1 saturated heterocycles. The number of likely N-dealkylation sites (tertiary alicyclic amines) is 1. The lowest BCUT2D eigenvalue weighted by atomic mass is 10.1. The molecule has 0 atom stereocenters. The van der Waals surface area contributed by atoms with Crippen LogP contribution in [0.5, 0.6) is 0 Å². The number of benzene rings is 2. The van der Waals surface area contributed by atoms with E-state index in [-0.39, 0.29) is 18.4 Å². The van der Waals surface area contributed by atoms with Gasteiger partial charge in [0.05, 0.1) is 0 Å². The summed E-state index contributed by atoms with van der Waals surface area (Å²) in [6.07, 6.45) is 2.13. The Hall–Kier alpha value is -2.66. The zero-order valence-electron chi connectivity index (χ0n) is 14.1. The number of aliphatic hydroxyl groups is 1. The zero-order chi connectivity index (χ0) is 17.6. The van der Waals surface area contributed by atoms with Crippen LogP contribution >= 0.6 is 0 Å². The highest BCUT2D eigenvalue weighted by Gasteiger charge is 2.20. The van der Waals surface area contributed by atoms with Gasteiger partial charge < -0.3 is 15.3 Å². The van der Waals surface area contributed by atoms with Gasteiger partial charge in [0, 0.05) is 37.4 Å². The van der Waals surface area contributed by atoms with Crippen LogP contribution < -0.4 is 5.32 Å². The van der Waals surface area contributed by atoms with E-state index >= 15 is 0 Å². The van der Waals surface area contributed by atoms with Crippen LogP contribution in [-0.4, -0.2) is 35.0 Å². The van der Waals surface area contributed by atoms with Crippen LogP contribution in [0.3, 0.4) is 0 Å². The third kappa shape index (κ3) is 4.45. The first-order valence-corrected chi connectivity index (χ1v) is 8.53. The van der Waals surface area contributed by atoms with Crippen molar-refractivity contribution < 1.29 is 14.7 Å². The molecular formula is C20H22N2O3. The summed E-state index contributed by atoms with van der Waals surface area (Å²) < 4.78 is 0. The van der Waals surface area contributed by atoms with Gasteiger partial charge in [0.15, 0.2) is 0 Å².